The lowest BCUT2D eigenvalue weighted by Gasteiger charge is -2.34. The first kappa shape index (κ1) is 16.2. The second kappa shape index (κ2) is 7.33. The summed E-state index contributed by atoms with van der Waals surface area (Å²) in [6.45, 7) is 3.51. The van der Waals surface area contributed by atoms with Crippen LogP contribution in [0.4, 0.5) is 0 Å². The van der Waals surface area contributed by atoms with E-state index in [1.54, 1.807) is 17.2 Å². The summed E-state index contributed by atoms with van der Waals surface area (Å²) in [6.07, 6.45) is 7.05. The highest BCUT2D eigenvalue weighted by Crippen LogP contribution is 2.19. The molecular weight excluding hydrogens is 318 g/mol. The second-order valence-electron chi connectivity index (χ2n) is 6.70. The molecule has 7 nitrogen and oxygen atoms in total. The number of carbonyl (C=O) groups is 1. The van der Waals surface area contributed by atoms with E-state index in [1.165, 1.54) is 19.3 Å². The molecule has 2 aliphatic heterocycles. The summed E-state index contributed by atoms with van der Waals surface area (Å²) in [5.74, 6) is -0.0483. The van der Waals surface area contributed by atoms with Crippen molar-refractivity contribution < 1.29 is 9.53 Å². The van der Waals surface area contributed by atoms with Crippen LogP contribution in [-0.4, -0.2) is 64.0 Å². The average Bonchev–Trinajstić information content (AvgIpc) is 3.35. The predicted molar refractivity (Wildman–Crippen MR) is 92.6 cm³/mol. The fourth-order valence-electron chi connectivity index (χ4n) is 3.66. The fourth-order valence-corrected chi connectivity index (χ4v) is 3.66. The van der Waals surface area contributed by atoms with E-state index >= 15 is 0 Å². The van der Waals surface area contributed by atoms with Crippen LogP contribution in [0.3, 0.4) is 0 Å². The van der Waals surface area contributed by atoms with E-state index in [0.717, 1.165) is 18.8 Å². The minimum atomic E-state index is -0.0483. The summed E-state index contributed by atoms with van der Waals surface area (Å²) in [6, 6.07) is 7.80. The molecule has 2 atom stereocenters. The van der Waals surface area contributed by atoms with Crippen LogP contribution in [0.15, 0.2) is 36.9 Å². The molecule has 0 radical (unpaired) electrons. The third-order valence-electron chi connectivity index (χ3n) is 5.07. The van der Waals surface area contributed by atoms with Crippen LogP contribution in [0, 0.1) is 0 Å². The van der Waals surface area contributed by atoms with Crippen LogP contribution in [0.2, 0.25) is 0 Å². The van der Waals surface area contributed by atoms with Crippen LogP contribution in [-0.2, 0) is 4.74 Å². The molecule has 0 aliphatic carbocycles. The molecule has 7 heteroatoms. The molecule has 1 N–H and O–H groups in total. The van der Waals surface area contributed by atoms with Gasteiger partial charge in [-0.1, -0.05) is 6.42 Å². The number of piperidine rings is 1. The molecule has 0 spiro atoms. The molecule has 4 rings (SSSR count). The van der Waals surface area contributed by atoms with Crippen molar-refractivity contribution in [1.29, 1.82) is 0 Å². The van der Waals surface area contributed by atoms with Gasteiger partial charge in [0, 0.05) is 11.3 Å². The highest BCUT2D eigenvalue weighted by Gasteiger charge is 2.34. The number of carbonyl (C=O) groups excluding carboxylic acids is 1. The molecule has 2 aliphatic rings. The largest absolute Gasteiger partial charge is 0.378 e. The molecule has 2 saturated heterocycles. The van der Waals surface area contributed by atoms with Gasteiger partial charge in [-0.05, 0) is 50.2 Å². The van der Waals surface area contributed by atoms with Gasteiger partial charge in [0.15, 0.2) is 0 Å². The maximum Gasteiger partial charge on any atom is 0.251 e. The normalized spacial score (nSPS) is 24.3. The standard InChI is InChI=1S/C18H23N5O2/c24-18(14-4-6-15(7-5-14)23-12-19-20-13-23)21-16-10-25-11-17(16)22-8-2-1-3-9-22/h4-7,12-13,16-17H,1-3,8-11H2,(H,21,24)/t16-,17-/m1/s1. The average molecular weight is 341 g/mol. The molecule has 0 bridgehead atoms. The summed E-state index contributed by atoms with van der Waals surface area (Å²) in [7, 11) is 0. The number of likely N-dealkylation sites (tertiary alicyclic amines) is 1. The molecule has 0 unspecified atom stereocenters. The van der Waals surface area contributed by atoms with Gasteiger partial charge in [-0.25, -0.2) is 0 Å². The molecule has 0 saturated carbocycles. The zero-order valence-corrected chi connectivity index (χ0v) is 14.2. The van der Waals surface area contributed by atoms with Crippen molar-refractivity contribution in [2.45, 2.75) is 31.3 Å². The zero-order chi connectivity index (χ0) is 17.1. The number of nitrogens with zero attached hydrogens (tertiary/aromatic N) is 4. The minimum absolute atomic E-state index is 0.0483. The summed E-state index contributed by atoms with van der Waals surface area (Å²) in [5.41, 5.74) is 1.58. The lowest BCUT2D eigenvalue weighted by Crippen LogP contribution is -2.52. The van der Waals surface area contributed by atoms with E-state index in [2.05, 4.69) is 20.4 Å². The molecule has 1 aromatic heterocycles. The molecule has 2 aromatic rings. The Morgan fingerprint density at radius 1 is 1.04 bits per heavy atom. The molecule has 2 fully saturated rings. The van der Waals surface area contributed by atoms with E-state index in [-0.39, 0.29) is 11.9 Å². The van der Waals surface area contributed by atoms with E-state index in [9.17, 15) is 4.79 Å². The van der Waals surface area contributed by atoms with Crippen molar-refractivity contribution in [2.24, 2.45) is 0 Å². The summed E-state index contributed by atoms with van der Waals surface area (Å²) in [4.78, 5) is 15.1. The summed E-state index contributed by atoms with van der Waals surface area (Å²) >= 11 is 0. The summed E-state index contributed by atoms with van der Waals surface area (Å²) in [5, 5.41) is 10.7. The van der Waals surface area contributed by atoms with Crippen molar-refractivity contribution >= 4 is 5.91 Å². The fraction of sp³-hybridized carbons (Fsp3) is 0.500. The Labute approximate surface area is 147 Å². The van der Waals surface area contributed by atoms with Crippen LogP contribution in [0.5, 0.6) is 0 Å². The van der Waals surface area contributed by atoms with Gasteiger partial charge in [0.2, 0.25) is 0 Å². The Hall–Kier alpha value is -2.25. The third-order valence-corrected chi connectivity index (χ3v) is 5.07. The number of hydrogen-bond donors (Lipinski definition) is 1. The van der Waals surface area contributed by atoms with Crippen LogP contribution >= 0.6 is 0 Å². The van der Waals surface area contributed by atoms with Crippen LogP contribution in [0.25, 0.3) is 5.69 Å². The van der Waals surface area contributed by atoms with Crippen molar-refractivity contribution in [3.8, 4) is 5.69 Å². The Kier molecular flexibility index (Phi) is 4.76. The highest BCUT2D eigenvalue weighted by molar-refractivity contribution is 5.94. The Morgan fingerprint density at radius 2 is 1.76 bits per heavy atom. The van der Waals surface area contributed by atoms with Gasteiger partial charge in [-0.2, -0.15) is 0 Å². The maximum absolute atomic E-state index is 12.6. The summed E-state index contributed by atoms with van der Waals surface area (Å²) < 4.78 is 7.46. The predicted octanol–water partition coefficient (Wildman–Crippen LogP) is 1.25. The SMILES string of the molecule is O=C(N[C@@H]1COC[C@H]1N1CCCCC1)c1ccc(-n2cnnc2)cc1. The first-order valence-corrected chi connectivity index (χ1v) is 8.89. The number of amides is 1. The smallest absolute Gasteiger partial charge is 0.251 e. The number of hydrogen-bond acceptors (Lipinski definition) is 5. The number of nitrogens with one attached hydrogen (secondary N) is 1. The molecular formula is C18H23N5O2. The number of benzene rings is 1. The van der Waals surface area contributed by atoms with Crippen LogP contribution in [0.1, 0.15) is 29.6 Å². The van der Waals surface area contributed by atoms with Crippen molar-refractivity contribution in [2.75, 3.05) is 26.3 Å². The van der Waals surface area contributed by atoms with E-state index in [0.29, 0.717) is 24.8 Å². The van der Waals surface area contributed by atoms with Crippen molar-refractivity contribution in [3.63, 3.8) is 0 Å². The van der Waals surface area contributed by atoms with Gasteiger partial charge in [-0.15, -0.1) is 10.2 Å². The minimum Gasteiger partial charge on any atom is -0.378 e. The van der Waals surface area contributed by atoms with E-state index in [1.807, 2.05) is 24.3 Å². The molecule has 1 aromatic carbocycles. The van der Waals surface area contributed by atoms with Gasteiger partial charge in [0.1, 0.15) is 12.7 Å². The van der Waals surface area contributed by atoms with Crippen molar-refractivity contribution in [1.82, 2.24) is 25.0 Å². The highest BCUT2D eigenvalue weighted by atomic mass is 16.5. The number of aromatic nitrogens is 3. The van der Waals surface area contributed by atoms with Gasteiger partial charge < -0.3 is 10.1 Å². The van der Waals surface area contributed by atoms with Gasteiger partial charge >= 0.3 is 0 Å². The number of ether oxygens (including phenoxy) is 1. The van der Waals surface area contributed by atoms with Gasteiger partial charge in [-0.3, -0.25) is 14.3 Å². The Bertz CT molecular complexity index is 695. The second-order valence-corrected chi connectivity index (χ2v) is 6.70. The first-order valence-electron chi connectivity index (χ1n) is 8.89. The monoisotopic (exact) mass is 341 g/mol. The Balaban J connectivity index is 1.40. The van der Waals surface area contributed by atoms with Crippen molar-refractivity contribution in [3.05, 3.63) is 42.5 Å². The lowest BCUT2D eigenvalue weighted by atomic mass is 10.0. The quantitative estimate of drug-likeness (QED) is 0.906. The molecule has 1 amide bonds. The molecule has 3 heterocycles. The van der Waals surface area contributed by atoms with Gasteiger partial charge in [0.05, 0.1) is 25.3 Å². The van der Waals surface area contributed by atoms with E-state index in [4.69, 9.17) is 4.74 Å². The van der Waals surface area contributed by atoms with E-state index < -0.39 is 0 Å². The number of rotatable bonds is 4. The van der Waals surface area contributed by atoms with Crippen LogP contribution < -0.4 is 5.32 Å². The lowest BCUT2D eigenvalue weighted by molar-refractivity contribution is 0.0900. The Morgan fingerprint density at radius 3 is 2.48 bits per heavy atom. The van der Waals surface area contributed by atoms with Gasteiger partial charge in [0.25, 0.3) is 5.91 Å². The zero-order valence-electron chi connectivity index (χ0n) is 14.2. The molecule has 25 heavy (non-hydrogen) atoms. The maximum atomic E-state index is 12.6. The topological polar surface area (TPSA) is 72.3 Å². The molecule has 132 valence electrons. The third kappa shape index (κ3) is 3.57. The first-order chi connectivity index (χ1) is 12.3.